The normalized spacial score (nSPS) is 12.9. The summed E-state index contributed by atoms with van der Waals surface area (Å²) < 4.78 is 0. The molecule has 0 aliphatic carbocycles. The monoisotopic (exact) mass is 646 g/mol. The highest BCUT2D eigenvalue weighted by Gasteiger charge is 2.35. The van der Waals surface area contributed by atoms with Crippen molar-refractivity contribution in [2.75, 3.05) is 20.6 Å². The standard InChI is InChI=1S/C41H50N4O3/c1-5-41(42,6-2)26-15-22-38(46)44(3)37(30-33-23-24-34-20-13-14-21-35(34)28-33)40(48)45(4)36(29-32-18-11-8-12-19-32)39(47)43-27-25-31-16-9-7-10-17-31/h7-24,28,36-37H,5-6,25-27,29-30,42H2,1-4H3,(H,43,47)/t36-,37-/m1/s1. The molecule has 0 saturated heterocycles. The largest absolute Gasteiger partial charge is 0.354 e. The summed E-state index contributed by atoms with van der Waals surface area (Å²) in [7, 11) is 3.32. The molecule has 4 rings (SSSR count). The average molecular weight is 647 g/mol. The minimum Gasteiger partial charge on any atom is -0.354 e. The van der Waals surface area contributed by atoms with Crippen LogP contribution in [0.25, 0.3) is 10.8 Å². The number of fused-ring (bicyclic) bond motifs is 1. The summed E-state index contributed by atoms with van der Waals surface area (Å²) in [5.41, 5.74) is 9.08. The molecule has 0 spiro atoms. The van der Waals surface area contributed by atoms with Crippen LogP contribution in [-0.4, -0.2) is 65.8 Å². The zero-order chi connectivity index (χ0) is 34.5. The van der Waals surface area contributed by atoms with Gasteiger partial charge in [0.15, 0.2) is 0 Å². The maximum absolute atomic E-state index is 14.5. The van der Waals surface area contributed by atoms with Gasteiger partial charge in [-0.1, -0.05) is 123 Å². The number of carbonyl (C=O) groups is 3. The lowest BCUT2D eigenvalue weighted by atomic mass is 9.90. The van der Waals surface area contributed by atoms with Gasteiger partial charge >= 0.3 is 0 Å². The Hall–Kier alpha value is -4.75. The molecular formula is C41H50N4O3. The Kier molecular flexibility index (Phi) is 13.1. The zero-order valence-electron chi connectivity index (χ0n) is 28.8. The summed E-state index contributed by atoms with van der Waals surface area (Å²) >= 11 is 0. The molecule has 0 aromatic heterocycles. The van der Waals surface area contributed by atoms with Crippen LogP contribution in [-0.2, 0) is 33.6 Å². The molecule has 3 amide bonds. The number of carbonyl (C=O) groups excluding carboxylic acids is 3. The second kappa shape index (κ2) is 17.4. The number of likely N-dealkylation sites (N-methyl/N-ethyl adjacent to an activating group) is 2. The summed E-state index contributed by atoms with van der Waals surface area (Å²) in [6, 6.07) is 32.2. The molecule has 3 N–H and O–H groups in total. The van der Waals surface area contributed by atoms with Crippen molar-refractivity contribution in [3.63, 3.8) is 0 Å². The molecule has 0 heterocycles. The topological polar surface area (TPSA) is 95.7 Å². The zero-order valence-corrected chi connectivity index (χ0v) is 28.8. The van der Waals surface area contributed by atoms with Crippen LogP contribution in [0.4, 0.5) is 0 Å². The fourth-order valence-corrected chi connectivity index (χ4v) is 5.91. The van der Waals surface area contributed by atoms with Crippen LogP contribution in [0.3, 0.4) is 0 Å². The summed E-state index contributed by atoms with van der Waals surface area (Å²) in [5, 5.41) is 5.22. The van der Waals surface area contributed by atoms with Crippen molar-refractivity contribution in [2.45, 2.75) is 70.0 Å². The third-order valence-electron chi connectivity index (χ3n) is 9.48. The molecule has 48 heavy (non-hydrogen) atoms. The van der Waals surface area contributed by atoms with Gasteiger partial charge < -0.3 is 20.9 Å². The van der Waals surface area contributed by atoms with Gasteiger partial charge in [-0.05, 0) is 59.2 Å². The SMILES string of the molecule is CCC(N)(CC)CC=CC(=O)N(C)[C@H](Cc1ccc2ccccc2c1)C(=O)N(C)[C@H](Cc1ccccc1)C(=O)NCCc1ccccc1. The quantitative estimate of drug-likeness (QED) is 0.144. The van der Waals surface area contributed by atoms with Crippen LogP contribution >= 0.6 is 0 Å². The van der Waals surface area contributed by atoms with Gasteiger partial charge in [0.25, 0.3) is 0 Å². The van der Waals surface area contributed by atoms with E-state index in [1.807, 2.05) is 117 Å². The molecule has 4 aromatic rings. The molecule has 7 heteroatoms. The van der Waals surface area contributed by atoms with E-state index in [1.165, 1.54) is 15.9 Å². The summed E-state index contributed by atoms with van der Waals surface area (Å²) in [6.45, 7) is 4.53. The summed E-state index contributed by atoms with van der Waals surface area (Å²) in [4.78, 5) is 44.9. The third kappa shape index (κ3) is 9.88. The van der Waals surface area contributed by atoms with Crippen molar-refractivity contribution >= 4 is 28.5 Å². The van der Waals surface area contributed by atoms with E-state index in [0.717, 1.165) is 40.3 Å². The van der Waals surface area contributed by atoms with Gasteiger partial charge in [-0.15, -0.1) is 0 Å². The maximum Gasteiger partial charge on any atom is 0.246 e. The third-order valence-corrected chi connectivity index (χ3v) is 9.48. The highest BCUT2D eigenvalue weighted by atomic mass is 16.2. The van der Waals surface area contributed by atoms with Crippen molar-refractivity contribution in [3.05, 3.63) is 132 Å². The van der Waals surface area contributed by atoms with Gasteiger partial charge in [0, 0.05) is 39.0 Å². The molecule has 0 fully saturated rings. The molecule has 0 saturated carbocycles. The lowest BCUT2D eigenvalue weighted by Crippen LogP contribution is -2.56. The van der Waals surface area contributed by atoms with Crippen molar-refractivity contribution in [3.8, 4) is 0 Å². The second-order valence-electron chi connectivity index (χ2n) is 12.7. The van der Waals surface area contributed by atoms with Crippen LogP contribution in [0.1, 0.15) is 49.8 Å². The number of hydrogen-bond acceptors (Lipinski definition) is 4. The predicted molar refractivity (Wildman–Crippen MR) is 195 cm³/mol. The van der Waals surface area contributed by atoms with E-state index in [9.17, 15) is 14.4 Å². The number of rotatable bonds is 16. The van der Waals surface area contributed by atoms with Crippen LogP contribution in [0, 0.1) is 0 Å². The molecule has 0 bridgehead atoms. The van der Waals surface area contributed by atoms with Gasteiger partial charge in [0.2, 0.25) is 17.7 Å². The van der Waals surface area contributed by atoms with Crippen LogP contribution < -0.4 is 11.1 Å². The van der Waals surface area contributed by atoms with Gasteiger partial charge in [0.1, 0.15) is 12.1 Å². The van der Waals surface area contributed by atoms with Crippen molar-refractivity contribution in [2.24, 2.45) is 5.73 Å². The van der Waals surface area contributed by atoms with Crippen LogP contribution in [0.2, 0.25) is 0 Å². The first kappa shape index (κ1) is 36.1. The van der Waals surface area contributed by atoms with Crippen LogP contribution in [0.15, 0.2) is 115 Å². The highest BCUT2D eigenvalue weighted by Crippen LogP contribution is 2.21. The number of hydrogen-bond donors (Lipinski definition) is 2. The predicted octanol–water partition coefficient (Wildman–Crippen LogP) is 6.10. The smallest absolute Gasteiger partial charge is 0.246 e. The summed E-state index contributed by atoms with van der Waals surface area (Å²) in [6.07, 6.45) is 6.79. The van der Waals surface area contributed by atoms with E-state index in [-0.39, 0.29) is 23.3 Å². The van der Waals surface area contributed by atoms with Gasteiger partial charge in [-0.3, -0.25) is 14.4 Å². The van der Waals surface area contributed by atoms with Crippen LogP contribution in [0.5, 0.6) is 0 Å². The number of nitrogens with two attached hydrogens (primary N) is 1. The first-order chi connectivity index (χ1) is 23.1. The Morgan fingerprint density at radius 3 is 1.96 bits per heavy atom. The van der Waals surface area contributed by atoms with Crippen molar-refractivity contribution < 1.29 is 14.4 Å². The van der Waals surface area contributed by atoms with E-state index >= 15 is 0 Å². The number of nitrogens with zero attached hydrogens (tertiary/aromatic N) is 2. The molecule has 0 aliphatic rings. The first-order valence-corrected chi connectivity index (χ1v) is 17.0. The van der Waals surface area contributed by atoms with Gasteiger partial charge in [-0.25, -0.2) is 0 Å². The highest BCUT2D eigenvalue weighted by molar-refractivity contribution is 5.95. The van der Waals surface area contributed by atoms with E-state index in [0.29, 0.717) is 32.2 Å². The molecule has 0 radical (unpaired) electrons. The fraction of sp³-hybridized carbons (Fsp3) is 0.341. The van der Waals surface area contributed by atoms with Crippen molar-refractivity contribution in [1.82, 2.24) is 15.1 Å². The van der Waals surface area contributed by atoms with Crippen molar-refractivity contribution in [1.29, 1.82) is 0 Å². The molecule has 0 unspecified atom stereocenters. The second-order valence-corrected chi connectivity index (χ2v) is 12.7. The van der Waals surface area contributed by atoms with Gasteiger partial charge in [-0.2, -0.15) is 0 Å². The van der Waals surface area contributed by atoms with E-state index < -0.39 is 12.1 Å². The van der Waals surface area contributed by atoms with E-state index in [4.69, 9.17) is 5.73 Å². The summed E-state index contributed by atoms with van der Waals surface area (Å²) in [5.74, 6) is -0.826. The Balaban J connectivity index is 1.61. The number of nitrogens with one attached hydrogen (secondary N) is 1. The Labute approximate surface area is 285 Å². The molecule has 0 aliphatic heterocycles. The van der Waals surface area contributed by atoms with E-state index in [1.54, 1.807) is 14.1 Å². The lowest BCUT2D eigenvalue weighted by molar-refractivity contribution is -0.146. The number of benzene rings is 4. The fourth-order valence-electron chi connectivity index (χ4n) is 5.91. The molecule has 252 valence electrons. The Morgan fingerprint density at radius 2 is 1.31 bits per heavy atom. The molecule has 2 atom stereocenters. The minimum absolute atomic E-state index is 0.234. The molecule has 7 nitrogen and oxygen atoms in total. The minimum atomic E-state index is -0.844. The molecule has 4 aromatic carbocycles. The first-order valence-electron chi connectivity index (χ1n) is 17.0. The molecular weight excluding hydrogens is 596 g/mol. The van der Waals surface area contributed by atoms with Gasteiger partial charge in [0.05, 0.1) is 0 Å². The average Bonchev–Trinajstić information content (AvgIpc) is 3.12. The number of amides is 3. The van der Waals surface area contributed by atoms with E-state index in [2.05, 4.69) is 11.4 Å². The lowest BCUT2D eigenvalue weighted by Gasteiger charge is -2.34. The Bertz CT molecular complexity index is 1670. The maximum atomic E-state index is 14.5. The Morgan fingerprint density at radius 1 is 0.729 bits per heavy atom.